The van der Waals surface area contributed by atoms with Crippen molar-refractivity contribution in [2.24, 2.45) is 0 Å². The molecule has 0 saturated heterocycles. The van der Waals surface area contributed by atoms with E-state index < -0.39 is 12.1 Å². The Morgan fingerprint density at radius 3 is 2.67 bits per heavy atom. The van der Waals surface area contributed by atoms with E-state index in [2.05, 4.69) is 4.74 Å². The van der Waals surface area contributed by atoms with E-state index in [0.29, 0.717) is 0 Å². The van der Waals surface area contributed by atoms with Crippen LogP contribution in [0.15, 0.2) is 24.5 Å². The number of ether oxygens (including phenoxy) is 1. The van der Waals surface area contributed by atoms with E-state index in [1.165, 1.54) is 7.11 Å². The minimum atomic E-state index is -1.08. The zero-order valence-electron chi connectivity index (χ0n) is 6.80. The lowest BCUT2D eigenvalue weighted by Gasteiger charge is -2.08. The molecule has 4 nitrogen and oxygen atoms in total. The van der Waals surface area contributed by atoms with E-state index in [0.717, 1.165) is 0 Å². The lowest BCUT2D eigenvalue weighted by atomic mass is 10.3. The van der Waals surface area contributed by atoms with Crippen molar-refractivity contribution in [2.45, 2.75) is 12.6 Å². The summed E-state index contributed by atoms with van der Waals surface area (Å²) in [5, 5.41) is 9.19. The van der Waals surface area contributed by atoms with Crippen LogP contribution in [-0.2, 0) is 16.1 Å². The molecule has 1 rings (SSSR count). The Kier molecular flexibility index (Phi) is 2.88. The molecule has 0 saturated carbocycles. The summed E-state index contributed by atoms with van der Waals surface area (Å²) in [7, 11) is 1.25. The number of rotatable bonds is 3. The lowest BCUT2D eigenvalue weighted by Crippen LogP contribution is -2.26. The summed E-state index contributed by atoms with van der Waals surface area (Å²) >= 11 is 0. The molecule has 0 fully saturated rings. The van der Waals surface area contributed by atoms with E-state index in [1.807, 2.05) is 12.1 Å². The lowest BCUT2D eigenvalue weighted by molar-refractivity contribution is -0.151. The standard InChI is InChI=1S/C8H11NO3/c1-12-8(11)7(10)6-9-4-2-3-5-9/h2-5,7,10H,6H2,1H3. The predicted octanol–water partition coefficient (Wildman–Crippen LogP) is 0.0220. The molecule has 1 N–H and O–H groups in total. The Morgan fingerprint density at radius 2 is 2.17 bits per heavy atom. The Labute approximate surface area is 70.4 Å². The highest BCUT2D eigenvalue weighted by Crippen LogP contribution is 1.95. The zero-order valence-corrected chi connectivity index (χ0v) is 6.80. The molecule has 0 aliphatic rings. The van der Waals surface area contributed by atoms with Crippen molar-refractivity contribution in [1.29, 1.82) is 0 Å². The van der Waals surface area contributed by atoms with Crippen LogP contribution in [0.1, 0.15) is 0 Å². The third-order valence-electron chi connectivity index (χ3n) is 1.52. The molecular formula is C8H11NO3. The second kappa shape index (κ2) is 3.92. The summed E-state index contributed by atoms with van der Waals surface area (Å²) in [5.74, 6) is -0.608. The van der Waals surface area contributed by atoms with Gasteiger partial charge in [-0.25, -0.2) is 4.79 Å². The molecule has 1 unspecified atom stereocenters. The average molecular weight is 169 g/mol. The van der Waals surface area contributed by atoms with E-state index >= 15 is 0 Å². The fourth-order valence-electron chi connectivity index (χ4n) is 0.902. The Balaban J connectivity index is 2.47. The highest BCUT2D eigenvalue weighted by molar-refractivity contribution is 5.73. The summed E-state index contributed by atoms with van der Waals surface area (Å²) < 4.78 is 6.07. The molecule has 0 aliphatic carbocycles. The van der Waals surface area contributed by atoms with Gasteiger partial charge in [0.05, 0.1) is 13.7 Å². The summed E-state index contributed by atoms with van der Waals surface area (Å²) in [6.45, 7) is 0.236. The highest BCUT2D eigenvalue weighted by Gasteiger charge is 2.14. The Bertz CT molecular complexity index is 243. The minimum Gasteiger partial charge on any atom is -0.467 e. The first-order chi connectivity index (χ1) is 5.74. The molecule has 1 atom stereocenters. The molecule has 0 aromatic carbocycles. The quantitative estimate of drug-likeness (QED) is 0.649. The third kappa shape index (κ3) is 2.10. The number of hydrogen-bond donors (Lipinski definition) is 1. The van der Waals surface area contributed by atoms with E-state index in [1.54, 1.807) is 17.0 Å². The molecular weight excluding hydrogens is 158 g/mol. The van der Waals surface area contributed by atoms with Crippen molar-refractivity contribution in [1.82, 2.24) is 4.57 Å². The fraction of sp³-hybridized carbons (Fsp3) is 0.375. The number of methoxy groups -OCH3 is 1. The molecule has 1 aromatic rings. The van der Waals surface area contributed by atoms with Gasteiger partial charge in [0.15, 0.2) is 6.10 Å². The molecule has 0 bridgehead atoms. The minimum absolute atomic E-state index is 0.236. The van der Waals surface area contributed by atoms with Crippen molar-refractivity contribution in [3.05, 3.63) is 24.5 Å². The van der Waals surface area contributed by atoms with Gasteiger partial charge in [-0.15, -0.1) is 0 Å². The molecule has 0 amide bonds. The number of carbonyl (C=O) groups is 1. The summed E-state index contributed by atoms with van der Waals surface area (Å²) in [6, 6.07) is 3.65. The molecule has 0 aliphatic heterocycles. The fourth-order valence-corrected chi connectivity index (χ4v) is 0.902. The molecule has 0 spiro atoms. The van der Waals surface area contributed by atoms with Gasteiger partial charge in [-0.2, -0.15) is 0 Å². The van der Waals surface area contributed by atoms with Crippen LogP contribution in [-0.4, -0.2) is 28.9 Å². The van der Waals surface area contributed by atoms with Gasteiger partial charge in [-0.05, 0) is 12.1 Å². The number of nitrogens with zero attached hydrogens (tertiary/aromatic N) is 1. The van der Waals surface area contributed by atoms with Crippen LogP contribution in [0.4, 0.5) is 0 Å². The van der Waals surface area contributed by atoms with Gasteiger partial charge in [0.1, 0.15) is 0 Å². The van der Waals surface area contributed by atoms with Gasteiger partial charge >= 0.3 is 5.97 Å². The smallest absolute Gasteiger partial charge is 0.336 e. The van der Waals surface area contributed by atoms with Gasteiger partial charge in [0, 0.05) is 12.4 Å². The first-order valence-corrected chi connectivity index (χ1v) is 3.60. The van der Waals surface area contributed by atoms with E-state index in [9.17, 15) is 9.90 Å². The van der Waals surface area contributed by atoms with Crippen LogP contribution < -0.4 is 0 Å². The van der Waals surface area contributed by atoms with Gasteiger partial charge in [-0.1, -0.05) is 0 Å². The SMILES string of the molecule is COC(=O)C(O)Cn1cccc1. The van der Waals surface area contributed by atoms with Crippen LogP contribution in [0.25, 0.3) is 0 Å². The third-order valence-corrected chi connectivity index (χ3v) is 1.52. The topological polar surface area (TPSA) is 51.5 Å². The van der Waals surface area contributed by atoms with Crippen molar-refractivity contribution in [3.63, 3.8) is 0 Å². The normalized spacial score (nSPS) is 12.5. The molecule has 66 valence electrons. The zero-order chi connectivity index (χ0) is 8.97. The second-order valence-electron chi connectivity index (χ2n) is 2.42. The number of esters is 1. The number of aromatic nitrogens is 1. The van der Waals surface area contributed by atoms with E-state index in [4.69, 9.17) is 0 Å². The Hall–Kier alpha value is -1.29. The van der Waals surface area contributed by atoms with Crippen LogP contribution in [0.5, 0.6) is 0 Å². The number of aliphatic hydroxyl groups excluding tert-OH is 1. The monoisotopic (exact) mass is 169 g/mol. The van der Waals surface area contributed by atoms with Crippen LogP contribution in [0.2, 0.25) is 0 Å². The number of aliphatic hydroxyl groups is 1. The van der Waals surface area contributed by atoms with Gasteiger partial charge in [-0.3, -0.25) is 0 Å². The highest BCUT2D eigenvalue weighted by atomic mass is 16.5. The maximum atomic E-state index is 10.8. The van der Waals surface area contributed by atoms with Crippen molar-refractivity contribution < 1.29 is 14.6 Å². The van der Waals surface area contributed by atoms with Gasteiger partial charge in [0.2, 0.25) is 0 Å². The van der Waals surface area contributed by atoms with Crippen LogP contribution in [0.3, 0.4) is 0 Å². The van der Waals surface area contributed by atoms with Crippen LogP contribution >= 0.6 is 0 Å². The second-order valence-corrected chi connectivity index (χ2v) is 2.42. The van der Waals surface area contributed by atoms with Crippen molar-refractivity contribution in [2.75, 3.05) is 7.11 Å². The number of carbonyl (C=O) groups excluding carboxylic acids is 1. The molecule has 1 aromatic heterocycles. The van der Waals surface area contributed by atoms with E-state index in [-0.39, 0.29) is 6.54 Å². The average Bonchev–Trinajstić information content (AvgIpc) is 2.55. The molecule has 12 heavy (non-hydrogen) atoms. The van der Waals surface area contributed by atoms with Crippen LogP contribution in [0, 0.1) is 0 Å². The molecule has 0 radical (unpaired) electrons. The predicted molar refractivity (Wildman–Crippen MR) is 42.5 cm³/mol. The first-order valence-electron chi connectivity index (χ1n) is 3.60. The molecule has 1 heterocycles. The maximum Gasteiger partial charge on any atom is 0.336 e. The van der Waals surface area contributed by atoms with Crippen molar-refractivity contribution >= 4 is 5.97 Å². The maximum absolute atomic E-state index is 10.8. The Morgan fingerprint density at radius 1 is 1.58 bits per heavy atom. The number of hydrogen-bond acceptors (Lipinski definition) is 3. The largest absolute Gasteiger partial charge is 0.467 e. The summed E-state index contributed by atoms with van der Waals surface area (Å²) in [6.07, 6.45) is 2.46. The molecule has 4 heteroatoms. The summed E-state index contributed by atoms with van der Waals surface area (Å²) in [5.41, 5.74) is 0. The van der Waals surface area contributed by atoms with Gasteiger partial charge < -0.3 is 14.4 Å². The first kappa shape index (κ1) is 8.80. The van der Waals surface area contributed by atoms with Gasteiger partial charge in [0.25, 0.3) is 0 Å². The van der Waals surface area contributed by atoms with Crippen molar-refractivity contribution in [3.8, 4) is 0 Å². The summed E-state index contributed by atoms with van der Waals surface area (Å²) in [4.78, 5) is 10.8.